The van der Waals surface area contributed by atoms with Gasteiger partial charge in [-0.25, -0.2) is 0 Å². The Morgan fingerprint density at radius 3 is 1.88 bits per heavy atom. The van der Waals surface area contributed by atoms with E-state index in [-0.39, 0.29) is 5.78 Å². The monoisotopic (exact) mass is 286 g/mol. The molecule has 2 aromatic carbocycles. The summed E-state index contributed by atoms with van der Waals surface area (Å²) in [6.07, 6.45) is 1.76. The highest BCUT2D eigenvalue weighted by molar-refractivity contribution is 9.10. The fourth-order valence-electron chi connectivity index (χ4n) is 1.54. The Bertz CT molecular complexity index is 538. The zero-order chi connectivity index (χ0) is 12.3. The number of benzene rings is 2. The van der Waals surface area contributed by atoms with Crippen molar-refractivity contribution < 1.29 is 4.79 Å². The first-order chi connectivity index (χ1) is 8.20. The number of carbonyl (C=O) groups excluding carboxylic acids is 1. The largest absolute Gasteiger partial charge is 0.289 e. The molecule has 0 atom stereocenters. The highest BCUT2D eigenvalue weighted by Gasteiger charge is 2.07. The molecule has 2 heteroatoms. The lowest BCUT2D eigenvalue weighted by atomic mass is 10.0. The lowest BCUT2D eigenvalue weighted by Crippen LogP contribution is -2.00. The fraction of sp³-hybridized carbons (Fsp3) is 0. The summed E-state index contributed by atoms with van der Waals surface area (Å²) in [7, 11) is 0. The third-order valence-electron chi connectivity index (χ3n) is 2.51. The maximum absolute atomic E-state index is 12.1. The van der Waals surface area contributed by atoms with Crippen LogP contribution in [0.3, 0.4) is 0 Å². The molecule has 2 aromatic rings. The molecular formula is C15H11BrO. The lowest BCUT2D eigenvalue weighted by Gasteiger charge is -2.02. The maximum Gasteiger partial charge on any atom is 0.193 e. The van der Waals surface area contributed by atoms with E-state index in [9.17, 15) is 4.79 Å². The maximum atomic E-state index is 12.1. The van der Waals surface area contributed by atoms with E-state index in [0.29, 0.717) is 11.1 Å². The number of ketones is 1. The molecule has 0 aliphatic heterocycles. The second-order valence-corrected chi connectivity index (χ2v) is 4.58. The van der Waals surface area contributed by atoms with Crippen molar-refractivity contribution in [1.82, 2.24) is 0 Å². The van der Waals surface area contributed by atoms with Gasteiger partial charge in [-0.05, 0) is 29.8 Å². The first-order valence-corrected chi connectivity index (χ1v) is 6.03. The van der Waals surface area contributed by atoms with E-state index in [1.54, 1.807) is 6.08 Å². The van der Waals surface area contributed by atoms with Gasteiger partial charge in [0.1, 0.15) is 0 Å². The molecule has 0 unspecified atom stereocenters. The number of hydrogen-bond acceptors (Lipinski definition) is 1. The topological polar surface area (TPSA) is 17.1 Å². The van der Waals surface area contributed by atoms with Gasteiger partial charge in [-0.15, -0.1) is 0 Å². The van der Waals surface area contributed by atoms with Crippen molar-refractivity contribution in [3.05, 3.63) is 76.3 Å². The summed E-state index contributed by atoms with van der Waals surface area (Å²) in [5.41, 5.74) is 2.40. The van der Waals surface area contributed by atoms with Crippen molar-refractivity contribution in [2.45, 2.75) is 0 Å². The van der Waals surface area contributed by atoms with Gasteiger partial charge in [0.25, 0.3) is 0 Å². The van der Waals surface area contributed by atoms with E-state index in [1.807, 2.05) is 48.5 Å². The molecule has 0 amide bonds. The van der Waals surface area contributed by atoms with Gasteiger partial charge in [-0.2, -0.15) is 0 Å². The van der Waals surface area contributed by atoms with Crippen LogP contribution in [0.4, 0.5) is 0 Å². The molecule has 17 heavy (non-hydrogen) atoms. The lowest BCUT2D eigenvalue weighted by molar-refractivity contribution is 0.103. The van der Waals surface area contributed by atoms with Crippen LogP contribution < -0.4 is 0 Å². The molecule has 0 saturated heterocycles. The summed E-state index contributed by atoms with van der Waals surface area (Å²) in [5, 5.41) is 0. The van der Waals surface area contributed by atoms with Gasteiger partial charge in [0.15, 0.2) is 5.78 Å². The van der Waals surface area contributed by atoms with Gasteiger partial charge in [-0.3, -0.25) is 4.79 Å². The minimum atomic E-state index is 0.0353. The quantitative estimate of drug-likeness (QED) is 0.768. The summed E-state index contributed by atoms with van der Waals surface area (Å²) in [6, 6.07) is 14.8. The molecule has 0 fully saturated rings. The first-order valence-electron chi connectivity index (χ1n) is 5.23. The predicted octanol–water partition coefficient (Wildman–Crippen LogP) is 4.32. The molecule has 0 aliphatic carbocycles. The minimum absolute atomic E-state index is 0.0353. The second kappa shape index (κ2) is 5.11. The number of halogens is 1. The van der Waals surface area contributed by atoms with Crippen molar-refractivity contribution in [2.75, 3.05) is 0 Å². The van der Waals surface area contributed by atoms with Crippen LogP contribution in [0.5, 0.6) is 0 Å². The van der Waals surface area contributed by atoms with Gasteiger partial charge in [0.2, 0.25) is 0 Å². The third kappa shape index (κ3) is 2.71. The van der Waals surface area contributed by atoms with Crippen molar-refractivity contribution in [3.8, 4) is 0 Å². The molecule has 0 aliphatic rings. The summed E-state index contributed by atoms with van der Waals surface area (Å²) >= 11 is 3.35. The van der Waals surface area contributed by atoms with Gasteiger partial charge < -0.3 is 0 Å². The number of hydrogen-bond donors (Lipinski definition) is 0. The summed E-state index contributed by atoms with van der Waals surface area (Å²) in [5.74, 6) is 0.0353. The van der Waals surface area contributed by atoms with E-state index < -0.39 is 0 Å². The third-order valence-corrected chi connectivity index (χ3v) is 3.04. The Labute approximate surface area is 109 Å². The standard InChI is InChI=1S/C15H11BrO/c1-2-11-3-5-12(6-4-11)15(17)13-7-9-14(16)10-8-13/h2-10H,1H2. The minimum Gasteiger partial charge on any atom is -0.289 e. The number of carbonyl (C=O) groups is 1. The summed E-state index contributed by atoms with van der Waals surface area (Å²) in [4.78, 5) is 12.1. The highest BCUT2D eigenvalue weighted by Crippen LogP contribution is 2.15. The Hall–Kier alpha value is -1.67. The molecule has 0 aromatic heterocycles. The van der Waals surface area contributed by atoms with Crippen molar-refractivity contribution >= 4 is 27.8 Å². The van der Waals surface area contributed by atoms with E-state index in [0.717, 1.165) is 10.0 Å². The molecule has 0 N–H and O–H groups in total. The first kappa shape index (κ1) is 11.8. The van der Waals surface area contributed by atoms with Crippen LogP contribution in [0.15, 0.2) is 59.6 Å². The molecule has 0 spiro atoms. The van der Waals surface area contributed by atoms with E-state index in [1.165, 1.54) is 0 Å². The van der Waals surface area contributed by atoms with Gasteiger partial charge in [0.05, 0.1) is 0 Å². The number of rotatable bonds is 3. The van der Waals surface area contributed by atoms with Gasteiger partial charge in [-0.1, -0.05) is 52.9 Å². The summed E-state index contributed by atoms with van der Waals surface area (Å²) in [6.45, 7) is 3.68. The molecule has 0 heterocycles. The molecule has 0 saturated carbocycles. The normalized spacial score (nSPS) is 9.94. The SMILES string of the molecule is C=Cc1ccc(C(=O)c2ccc(Br)cc2)cc1. The average molecular weight is 287 g/mol. The second-order valence-electron chi connectivity index (χ2n) is 3.66. The van der Waals surface area contributed by atoms with Crippen LogP contribution in [0.1, 0.15) is 21.5 Å². The Morgan fingerprint density at radius 2 is 1.41 bits per heavy atom. The zero-order valence-corrected chi connectivity index (χ0v) is 10.8. The molecule has 1 nitrogen and oxygen atoms in total. The van der Waals surface area contributed by atoms with E-state index in [4.69, 9.17) is 0 Å². The smallest absolute Gasteiger partial charge is 0.193 e. The Morgan fingerprint density at radius 1 is 0.941 bits per heavy atom. The molecule has 0 bridgehead atoms. The molecule has 2 rings (SSSR count). The van der Waals surface area contributed by atoms with Crippen molar-refractivity contribution in [3.63, 3.8) is 0 Å². The van der Waals surface area contributed by atoms with Crippen LogP contribution >= 0.6 is 15.9 Å². The van der Waals surface area contributed by atoms with Crippen molar-refractivity contribution in [1.29, 1.82) is 0 Å². The summed E-state index contributed by atoms with van der Waals surface area (Å²) < 4.78 is 0.969. The molecule has 0 radical (unpaired) electrons. The predicted molar refractivity (Wildman–Crippen MR) is 74.1 cm³/mol. The van der Waals surface area contributed by atoms with Gasteiger partial charge in [0, 0.05) is 15.6 Å². The Kier molecular flexibility index (Phi) is 3.55. The Balaban J connectivity index is 2.30. The van der Waals surface area contributed by atoms with Crippen LogP contribution in [0.25, 0.3) is 6.08 Å². The van der Waals surface area contributed by atoms with Crippen LogP contribution in [-0.4, -0.2) is 5.78 Å². The molecular weight excluding hydrogens is 276 g/mol. The van der Waals surface area contributed by atoms with Gasteiger partial charge >= 0.3 is 0 Å². The van der Waals surface area contributed by atoms with Crippen LogP contribution in [-0.2, 0) is 0 Å². The van der Waals surface area contributed by atoms with Crippen molar-refractivity contribution in [2.24, 2.45) is 0 Å². The average Bonchev–Trinajstić information content (AvgIpc) is 2.39. The van der Waals surface area contributed by atoms with E-state index >= 15 is 0 Å². The highest BCUT2D eigenvalue weighted by atomic mass is 79.9. The van der Waals surface area contributed by atoms with Crippen LogP contribution in [0, 0.1) is 0 Å². The van der Waals surface area contributed by atoms with Crippen LogP contribution in [0.2, 0.25) is 0 Å². The molecule has 84 valence electrons. The zero-order valence-electron chi connectivity index (χ0n) is 9.19. The fourth-order valence-corrected chi connectivity index (χ4v) is 1.80. The van der Waals surface area contributed by atoms with E-state index in [2.05, 4.69) is 22.5 Å².